The van der Waals surface area contributed by atoms with E-state index in [0.717, 1.165) is 35.5 Å². The van der Waals surface area contributed by atoms with E-state index in [9.17, 15) is 4.79 Å². The van der Waals surface area contributed by atoms with E-state index in [1.165, 1.54) is 0 Å². The van der Waals surface area contributed by atoms with E-state index in [-0.39, 0.29) is 11.9 Å². The van der Waals surface area contributed by atoms with Gasteiger partial charge in [-0.1, -0.05) is 17.7 Å². The second-order valence-electron chi connectivity index (χ2n) is 8.52. The van der Waals surface area contributed by atoms with E-state index in [1.807, 2.05) is 40.5 Å². The Morgan fingerprint density at radius 1 is 1.23 bits per heavy atom. The number of amides is 1. The number of fused-ring (bicyclic) bond motifs is 1. The predicted octanol–water partition coefficient (Wildman–Crippen LogP) is 3.68. The van der Waals surface area contributed by atoms with Crippen LogP contribution in [-0.2, 0) is 13.6 Å². The Labute approximate surface area is 205 Å². The highest BCUT2D eigenvalue weighted by atomic mass is 35.5. The number of hydrogen-bond acceptors (Lipinski definition) is 6. The van der Waals surface area contributed by atoms with Crippen molar-refractivity contribution in [3.05, 3.63) is 71.4 Å². The maximum absolute atomic E-state index is 12.5. The number of halogens is 1. The zero-order valence-corrected chi connectivity index (χ0v) is 19.6. The van der Waals surface area contributed by atoms with Gasteiger partial charge in [0.1, 0.15) is 5.69 Å². The van der Waals surface area contributed by atoms with Crippen LogP contribution in [0.25, 0.3) is 28.3 Å². The molecule has 4 heterocycles. The molecular weight excluding hydrogens is 466 g/mol. The van der Waals surface area contributed by atoms with Crippen molar-refractivity contribution < 1.29 is 4.79 Å². The molecular formula is C24H22ClN9O. The average Bonchev–Trinajstić information content (AvgIpc) is 3.22. The molecule has 35 heavy (non-hydrogen) atoms. The Kier molecular flexibility index (Phi) is 5.22. The van der Waals surface area contributed by atoms with Crippen molar-refractivity contribution in [2.24, 2.45) is 7.05 Å². The van der Waals surface area contributed by atoms with Crippen molar-refractivity contribution in [1.29, 1.82) is 0 Å². The summed E-state index contributed by atoms with van der Waals surface area (Å²) >= 11 is 6.52. The van der Waals surface area contributed by atoms with Gasteiger partial charge in [0.05, 0.1) is 40.4 Å². The van der Waals surface area contributed by atoms with Crippen LogP contribution >= 0.6 is 11.6 Å². The van der Waals surface area contributed by atoms with Gasteiger partial charge in [0.15, 0.2) is 11.5 Å². The highest BCUT2D eigenvalue weighted by Crippen LogP contribution is 2.30. The summed E-state index contributed by atoms with van der Waals surface area (Å²) in [4.78, 5) is 21.9. The molecule has 10 nitrogen and oxygen atoms in total. The molecule has 0 saturated heterocycles. The number of hydrogen-bond donors (Lipinski definition) is 3. The molecule has 0 spiro atoms. The zero-order valence-electron chi connectivity index (χ0n) is 18.9. The molecule has 0 radical (unpaired) electrons. The average molecular weight is 488 g/mol. The summed E-state index contributed by atoms with van der Waals surface area (Å²) in [5.74, 6) is 0.477. The van der Waals surface area contributed by atoms with Crippen molar-refractivity contribution in [2.75, 3.05) is 5.32 Å². The first kappa shape index (κ1) is 21.4. The number of aromatic nitrogens is 7. The van der Waals surface area contributed by atoms with Crippen LogP contribution in [0.4, 0.5) is 5.82 Å². The third-order valence-electron chi connectivity index (χ3n) is 6.05. The summed E-state index contributed by atoms with van der Waals surface area (Å²) in [7, 11) is 1.90. The van der Waals surface area contributed by atoms with Gasteiger partial charge in [-0.25, -0.2) is 9.97 Å². The van der Waals surface area contributed by atoms with Crippen LogP contribution in [0.2, 0.25) is 5.02 Å². The smallest absolute Gasteiger partial charge is 0.253 e. The van der Waals surface area contributed by atoms with E-state index in [0.29, 0.717) is 34.3 Å². The van der Waals surface area contributed by atoms with Gasteiger partial charge in [-0.05, 0) is 37.1 Å². The number of benzene rings is 1. The number of nitrogens with zero attached hydrogens (tertiary/aromatic N) is 6. The summed E-state index contributed by atoms with van der Waals surface area (Å²) in [5.41, 5.74) is 5.28. The molecule has 1 fully saturated rings. The number of aromatic amines is 1. The van der Waals surface area contributed by atoms with Crippen LogP contribution in [0, 0.1) is 0 Å². The van der Waals surface area contributed by atoms with E-state index in [2.05, 4.69) is 30.9 Å². The largest absolute Gasteiger partial charge is 0.361 e. The minimum atomic E-state index is -0.144. The molecule has 0 atom stereocenters. The van der Waals surface area contributed by atoms with Gasteiger partial charge in [-0.15, -0.1) is 0 Å². The van der Waals surface area contributed by atoms with E-state index >= 15 is 0 Å². The summed E-state index contributed by atoms with van der Waals surface area (Å²) in [6.45, 7) is 0.532. The van der Waals surface area contributed by atoms with Crippen molar-refractivity contribution in [2.45, 2.75) is 25.4 Å². The molecule has 6 rings (SSSR count). The SMILES string of the molecule is Cn1nccc1CNc1nc(-c2ccn[nH]2)cn2c(-c3ccc(C(=O)NC4CC4)c(Cl)c3)cnc12. The number of imidazole rings is 1. The molecule has 0 bridgehead atoms. The van der Waals surface area contributed by atoms with Crippen LogP contribution in [-0.4, -0.2) is 46.3 Å². The van der Waals surface area contributed by atoms with Crippen molar-refractivity contribution >= 4 is 29.0 Å². The first-order valence-corrected chi connectivity index (χ1v) is 11.6. The number of carbonyl (C=O) groups excluding carboxylic acids is 1. The van der Waals surface area contributed by atoms with Gasteiger partial charge >= 0.3 is 0 Å². The summed E-state index contributed by atoms with van der Waals surface area (Å²) in [6.07, 6.45) is 9.16. The lowest BCUT2D eigenvalue weighted by molar-refractivity contribution is 0.0951. The second-order valence-corrected chi connectivity index (χ2v) is 8.93. The molecule has 3 N–H and O–H groups in total. The Balaban J connectivity index is 1.40. The molecule has 176 valence electrons. The van der Waals surface area contributed by atoms with Gasteiger partial charge in [0.2, 0.25) is 0 Å². The minimum Gasteiger partial charge on any atom is -0.361 e. The number of rotatable bonds is 7. The van der Waals surface area contributed by atoms with Gasteiger partial charge < -0.3 is 10.6 Å². The van der Waals surface area contributed by atoms with Crippen LogP contribution in [0.15, 0.2) is 55.1 Å². The third kappa shape index (κ3) is 4.12. The molecule has 1 aliphatic rings. The van der Waals surface area contributed by atoms with E-state index in [4.69, 9.17) is 16.6 Å². The second kappa shape index (κ2) is 8.55. The lowest BCUT2D eigenvalue weighted by Gasteiger charge is -2.11. The number of H-pyrrole nitrogens is 1. The maximum atomic E-state index is 12.5. The Morgan fingerprint density at radius 3 is 2.83 bits per heavy atom. The highest BCUT2D eigenvalue weighted by molar-refractivity contribution is 6.34. The van der Waals surface area contributed by atoms with E-state index < -0.39 is 0 Å². The number of anilines is 1. The number of carbonyl (C=O) groups is 1. The van der Waals surface area contributed by atoms with Gasteiger partial charge in [-0.2, -0.15) is 10.2 Å². The first-order chi connectivity index (χ1) is 17.1. The van der Waals surface area contributed by atoms with Crippen LogP contribution in [0.5, 0.6) is 0 Å². The minimum absolute atomic E-state index is 0.144. The first-order valence-electron chi connectivity index (χ1n) is 11.3. The quantitative estimate of drug-likeness (QED) is 0.322. The normalized spacial score (nSPS) is 13.3. The van der Waals surface area contributed by atoms with Crippen molar-refractivity contribution in [1.82, 2.24) is 39.7 Å². The Hall–Kier alpha value is -4.18. The van der Waals surface area contributed by atoms with Crippen LogP contribution in [0.3, 0.4) is 0 Å². The summed E-state index contributed by atoms with van der Waals surface area (Å²) < 4.78 is 3.77. The fraction of sp³-hybridized carbons (Fsp3) is 0.208. The fourth-order valence-electron chi connectivity index (χ4n) is 3.95. The lowest BCUT2D eigenvalue weighted by atomic mass is 10.1. The summed E-state index contributed by atoms with van der Waals surface area (Å²) in [6, 6.07) is 9.51. The van der Waals surface area contributed by atoms with Crippen molar-refractivity contribution in [3.63, 3.8) is 0 Å². The number of aryl methyl sites for hydroxylation is 1. The standard InChI is InChI=1S/C24H22ClN9O/c1-33-16(6-9-29-33)11-26-22-23-27-12-21(34(23)13-20(31-22)19-7-8-28-32-19)14-2-5-17(18(25)10-14)24(35)30-15-3-4-15/h2,5-10,12-13,15H,3-4,11H2,1H3,(H,26,31)(H,28,32)(H,30,35). The van der Waals surface area contributed by atoms with E-state index in [1.54, 1.807) is 30.7 Å². The molecule has 4 aromatic heterocycles. The predicted molar refractivity (Wildman–Crippen MR) is 132 cm³/mol. The Bertz CT molecular complexity index is 1530. The zero-order chi connectivity index (χ0) is 23.9. The monoisotopic (exact) mass is 487 g/mol. The Morgan fingerprint density at radius 2 is 2.11 bits per heavy atom. The number of nitrogens with one attached hydrogen (secondary N) is 3. The van der Waals surface area contributed by atoms with Gasteiger partial charge in [-0.3, -0.25) is 19.0 Å². The van der Waals surface area contributed by atoms with Gasteiger partial charge in [0, 0.05) is 37.2 Å². The van der Waals surface area contributed by atoms with Crippen LogP contribution in [0.1, 0.15) is 28.9 Å². The molecule has 11 heteroatoms. The lowest BCUT2D eigenvalue weighted by Crippen LogP contribution is -2.25. The molecule has 0 unspecified atom stereocenters. The topological polar surface area (TPSA) is 118 Å². The molecule has 1 saturated carbocycles. The molecule has 1 aliphatic carbocycles. The maximum Gasteiger partial charge on any atom is 0.253 e. The molecule has 0 aliphatic heterocycles. The summed E-state index contributed by atoms with van der Waals surface area (Å²) in [5, 5.41) is 18.0. The third-order valence-corrected chi connectivity index (χ3v) is 6.36. The fourth-order valence-corrected chi connectivity index (χ4v) is 4.21. The van der Waals surface area contributed by atoms with Crippen molar-refractivity contribution in [3.8, 4) is 22.6 Å². The molecule has 1 amide bonds. The molecule has 5 aromatic rings. The van der Waals surface area contributed by atoms with Crippen LogP contribution < -0.4 is 10.6 Å². The highest BCUT2D eigenvalue weighted by Gasteiger charge is 2.25. The molecule has 1 aromatic carbocycles. The van der Waals surface area contributed by atoms with Gasteiger partial charge in [0.25, 0.3) is 5.91 Å².